The summed E-state index contributed by atoms with van der Waals surface area (Å²) in [5.41, 5.74) is 3.08. The molecule has 1 N–H and O–H groups in total. The van der Waals surface area contributed by atoms with E-state index in [9.17, 15) is 9.59 Å². The highest BCUT2D eigenvalue weighted by Crippen LogP contribution is 2.29. The van der Waals surface area contributed by atoms with Crippen molar-refractivity contribution in [2.75, 3.05) is 44.0 Å². The molecule has 1 saturated heterocycles. The van der Waals surface area contributed by atoms with Gasteiger partial charge < -0.3 is 15.2 Å². The minimum absolute atomic E-state index is 0.0457. The van der Waals surface area contributed by atoms with Gasteiger partial charge in [0.1, 0.15) is 5.03 Å². The number of piperazine rings is 1. The number of carbonyl (C=O) groups excluding carboxylic acids is 1. The number of aromatic nitrogens is 2. The summed E-state index contributed by atoms with van der Waals surface area (Å²) in [6, 6.07) is 9.84. The van der Waals surface area contributed by atoms with E-state index in [2.05, 4.69) is 27.3 Å². The number of hydrogen-bond acceptors (Lipinski definition) is 6. The summed E-state index contributed by atoms with van der Waals surface area (Å²) in [6.07, 6.45) is 2.85. The molecule has 2 aliphatic rings. The lowest BCUT2D eigenvalue weighted by Gasteiger charge is -2.35. The predicted molar refractivity (Wildman–Crippen MR) is 115 cm³/mol. The summed E-state index contributed by atoms with van der Waals surface area (Å²) in [5.74, 6) is 0.222. The first-order valence-corrected chi connectivity index (χ1v) is 11.1. The van der Waals surface area contributed by atoms with Crippen LogP contribution in [0.5, 0.6) is 0 Å². The first-order chi connectivity index (χ1) is 14.1. The lowest BCUT2D eigenvalue weighted by atomic mass is 10.2. The maximum atomic E-state index is 12.8. The molecule has 1 aliphatic heterocycles. The van der Waals surface area contributed by atoms with E-state index in [1.807, 2.05) is 30.3 Å². The number of nitrogens with zero attached hydrogens (tertiary/aromatic N) is 4. The third kappa shape index (κ3) is 4.64. The highest BCUT2D eigenvalue weighted by atomic mass is 32.2. The summed E-state index contributed by atoms with van der Waals surface area (Å²) in [4.78, 5) is 31.7. The third-order valence-corrected chi connectivity index (χ3v) is 6.53. The third-order valence-electron chi connectivity index (χ3n) is 5.52. The maximum Gasteiger partial charge on any atom is 0.367 e. The first kappa shape index (κ1) is 20.0. The van der Waals surface area contributed by atoms with Crippen molar-refractivity contribution < 1.29 is 4.79 Å². The van der Waals surface area contributed by atoms with E-state index in [0.29, 0.717) is 6.54 Å². The van der Waals surface area contributed by atoms with E-state index in [4.69, 9.17) is 0 Å². The van der Waals surface area contributed by atoms with Crippen LogP contribution in [0.1, 0.15) is 23.2 Å². The van der Waals surface area contributed by atoms with Crippen LogP contribution in [0.2, 0.25) is 0 Å². The summed E-state index contributed by atoms with van der Waals surface area (Å²) in [6.45, 7) is 4.06. The van der Waals surface area contributed by atoms with Crippen molar-refractivity contribution in [1.29, 1.82) is 0 Å². The van der Waals surface area contributed by atoms with E-state index in [-0.39, 0.29) is 17.3 Å². The van der Waals surface area contributed by atoms with Gasteiger partial charge in [0.05, 0.1) is 11.4 Å². The van der Waals surface area contributed by atoms with Gasteiger partial charge in [-0.05, 0) is 31.9 Å². The van der Waals surface area contributed by atoms with Crippen LogP contribution in [0.25, 0.3) is 0 Å². The summed E-state index contributed by atoms with van der Waals surface area (Å²) < 4.78 is 1.80. The molecule has 1 aromatic heterocycles. The molecule has 1 aliphatic carbocycles. The Morgan fingerprint density at radius 2 is 1.90 bits per heavy atom. The van der Waals surface area contributed by atoms with Gasteiger partial charge in [-0.2, -0.15) is 4.98 Å². The summed E-state index contributed by atoms with van der Waals surface area (Å²) in [7, 11) is 2.10. The monoisotopic (exact) mass is 413 g/mol. The van der Waals surface area contributed by atoms with Gasteiger partial charge in [-0.15, -0.1) is 0 Å². The van der Waals surface area contributed by atoms with Gasteiger partial charge in [0.25, 0.3) is 0 Å². The average molecular weight is 414 g/mol. The number of rotatable bonds is 6. The molecular weight excluding hydrogens is 386 g/mol. The number of thioether (sulfide) groups is 1. The SMILES string of the molecule is CN1CCN(n2c3c(c(SCC(=O)NCc4ccccc4)nc2=O)CCC3)CC1. The summed E-state index contributed by atoms with van der Waals surface area (Å²) in [5, 5.41) is 5.79. The number of likely N-dealkylation sites (N-methyl/N-ethyl adjacent to an activating group) is 1. The Morgan fingerprint density at radius 1 is 1.14 bits per heavy atom. The molecule has 0 saturated carbocycles. The first-order valence-electron chi connectivity index (χ1n) is 10.1. The Balaban J connectivity index is 1.43. The topological polar surface area (TPSA) is 70.5 Å². The minimum atomic E-state index is -0.220. The number of amides is 1. The highest BCUT2D eigenvalue weighted by Gasteiger charge is 2.26. The average Bonchev–Trinajstić information content (AvgIpc) is 3.22. The van der Waals surface area contributed by atoms with Crippen LogP contribution >= 0.6 is 11.8 Å². The van der Waals surface area contributed by atoms with Crippen LogP contribution < -0.4 is 16.0 Å². The van der Waals surface area contributed by atoms with Crippen molar-refractivity contribution in [3.05, 3.63) is 57.6 Å². The Bertz CT molecular complexity index is 923. The zero-order valence-corrected chi connectivity index (χ0v) is 17.6. The minimum Gasteiger partial charge on any atom is -0.351 e. The molecule has 0 radical (unpaired) electrons. The van der Waals surface area contributed by atoms with Gasteiger partial charge >= 0.3 is 5.69 Å². The molecule has 0 unspecified atom stereocenters. The smallest absolute Gasteiger partial charge is 0.351 e. The normalized spacial score (nSPS) is 16.7. The quantitative estimate of drug-likeness (QED) is 0.563. The van der Waals surface area contributed by atoms with E-state index < -0.39 is 0 Å². The molecule has 0 spiro atoms. The molecule has 1 aromatic carbocycles. The second-order valence-electron chi connectivity index (χ2n) is 7.60. The van der Waals surface area contributed by atoms with Gasteiger partial charge in [-0.3, -0.25) is 4.79 Å². The Labute approximate surface area is 175 Å². The highest BCUT2D eigenvalue weighted by molar-refractivity contribution is 7.99. The van der Waals surface area contributed by atoms with E-state index >= 15 is 0 Å². The predicted octanol–water partition coefficient (Wildman–Crippen LogP) is 1.02. The van der Waals surface area contributed by atoms with Crippen molar-refractivity contribution in [2.45, 2.75) is 30.8 Å². The van der Waals surface area contributed by atoms with Crippen LogP contribution in [0.3, 0.4) is 0 Å². The van der Waals surface area contributed by atoms with Crippen molar-refractivity contribution in [2.24, 2.45) is 0 Å². The van der Waals surface area contributed by atoms with Crippen molar-refractivity contribution in [3.8, 4) is 0 Å². The van der Waals surface area contributed by atoms with Crippen LogP contribution in [0.15, 0.2) is 40.2 Å². The zero-order chi connectivity index (χ0) is 20.2. The molecule has 0 atom stereocenters. The molecule has 4 rings (SSSR count). The molecule has 154 valence electrons. The van der Waals surface area contributed by atoms with E-state index in [1.165, 1.54) is 11.8 Å². The Hall–Kier alpha value is -2.32. The molecule has 7 nitrogen and oxygen atoms in total. The van der Waals surface area contributed by atoms with Gasteiger partial charge in [-0.1, -0.05) is 42.1 Å². The van der Waals surface area contributed by atoms with Crippen LogP contribution in [-0.2, 0) is 24.2 Å². The lowest BCUT2D eigenvalue weighted by molar-refractivity contribution is -0.118. The van der Waals surface area contributed by atoms with E-state index in [1.54, 1.807) is 4.68 Å². The standard InChI is InChI=1S/C21H27N5O2S/c1-24-10-12-25(13-11-24)26-18-9-5-8-17(18)20(23-21(26)28)29-15-19(27)22-14-16-6-3-2-4-7-16/h2-4,6-7H,5,8-15H2,1H3,(H,22,27). The fourth-order valence-corrected chi connectivity index (χ4v) is 4.80. The van der Waals surface area contributed by atoms with Crippen molar-refractivity contribution in [3.63, 3.8) is 0 Å². The molecule has 1 fully saturated rings. The van der Waals surface area contributed by atoms with E-state index in [0.717, 1.165) is 67.3 Å². The number of nitrogens with one attached hydrogen (secondary N) is 1. The Morgan fingerprint density at radius 3 is 2.66 bits per heavy atom. The number of hydrogen-bond donors (Lipinski definition) is 1. The zero-order valence-electron chi connectivity index (χ0n) is 16.8. The van der Waals surface area contributed by atoms with Gasteiger partial charge in [0.2, 0.25) is 5.91 Å². The van der Waals surface area contributed by atoms with Gasteiger partial charge in [0.15, 0.2) is 0 Å². The maximum absolute atomic E-state index is 12.8. The number of carbonyl (C=O) groups is 1. The van der Waals surface area contributed by atoms with Crippen LogP contribution in [0.4, 0.5) is 0 Å². The number of benzene rings is 1. The molecular formula is C21H27N5O2S. The largest absolute Gasteiger partial charge is 0.367 e. The molecule has 2 aromatic rings. The fraction of sp³-hybridized carbons (Fsp3) is 0.476. The second kappa shape index (κ2) is 9.00. The van der Waals surface area contributed by atoms with Gasteiger partial charge in [0, 0.05) is 38.3 Å². The Kier molecular flexibility index (Phi) is 6.20. The molecule has 2 heterocycles. The second-order valence-corrected chi connectivity index (χ2v) is 8.56. The van der Waals surface area contributed by atoms with Crippen molar-refractivity contribution >= 4 is 17.7 Å². The fourth-order valence-electron chi connectivity index (χ4n) is 3.90. The molecule has 29 heavy (non-hydrogen) atoms. The lowest BCUT2D eigenvalue weighted by Crippen LogP contribution is -2.54. The number of fused-ring (bicyclic) bond motifs is 1. The molecule has 1 amide bonds. The van der Waals surface area contributed by atoms with Crippen LogP contribution in [0, 0.1) is 0 Å². The summed E-state index contributed by atoms with van der Waals surface area (Å²) >= 11 is 1.38. The molecule has 8 heteroatoms. The molecule has 0 bridgehead atoms. The van der Waals surface area contributed by atoms with Crippen LogP contribution in [-0.4, -0.2) is 59.4 Å². The van der Waals surface area contributed by atoms with Crippen molar-refractivity contribution in [1.82, 2.24) is 19.9 Å². The van der Waals surface area contributed by atoms with Gasteiger partial charge in [-0.25, -0.2) is 9.47 Å².